The first-order valence-corrected chi connectivity index (χ1v) is 4.64. The molecular formula is C8H14ClF3N2O2. The van der Waals surface area contributed by atoms with Crippen molar-refractivity contribution in [2.24, 2.45) is 5.73 Å². The number of rotatable bonds is 2. The van der Waals surface area contributed by atoms with Gasteiger partial charge in [-0.1, -0.05) is 0 Å². The molecule has 1 atom stereocenters. The van der Waals surface area contributed by atoms with Crippen LogP contribution in [0.2, 0.25) is 0 Å². The van der Waals surface area contributed by atoms with Gasteiger partial charge in [-0.2, -0.15) is 13.2 Å². The maximum atomic E-state index is 11.8. The van der Waals surface area contributed by atoms with Crippen LogP contribution in [0.25, 0.3) is 0 Å². The molecule has 0 aliphatic carbocycles. The van der Waals surface area contributed by atoms with E-state index in [4.69, 9.17) is 5.73 Å². The molecule has 1 saturated heterocycles. The van der Waals surface area contributed by atoms with Crippen molar-refractivity contribution in [3.63, 3.8) is 0 Å². The minimum atomic E-state index is -4.48. The molecule has 0 spiro atoms. The Morgan fingerprint density at radius 3 is 2.62 bits per heavy atom. The fourth-order valence-corrected chi connectivity index (χ4v) is 1.55. The molecule has 0 aromatic heterocycles. The van der Waals surface area contributed by atoms with E-state index in [1.165, 1.54) is 4.90 Å². The summed E-state index contributed by atoms with van der Waals surface area (Å²) in [6, 6.07) is -0.189. The van der Waals surface area contributed by atoms with Gasteiger partial charge in [0.2, 0.25) is 0 Å². The van der Waals surface area contributed by atoms with E-state index in [1.807, 2.05) is 0 Å². The zero-order valence-corrected chi connectivity index (χ0v) is 9.31. The average molecular weight is 263 g/mol. The van der Waals surface area contributed by atoms with Crippen LogP contribution in [0.1, 0.15) is 12.8 Å². The number of halogens is 4. The largest absolute Gasteiger partial charge is 0.440 e. The summed E-state index contributed by atoms with van der Waals surface area (Å²) in [7, 11) is 0. The Bertz CT molecular complexity index is 238. The van der Waals surface area contributed by atoms with Gasteiger partial charge in [0.25, 0.3) is 0 Å². The number of ether oxygens (including phenoxy) is 1. The molecule has 2 N–H and O–H groups in total. The fraction of sp³-hybridized carbons (Fsp3) is 0.875. The Kier molecular flexibility index (Phi) is 5.88. The van der Waals surface area contributed by atoms with E-state index in [9.17, 15) is 18.0 Å². The molecule has 1 amide bonds. The first-order valence-electron chi connectivity index (χ1n) is 4.64. The summed E-state index contributed by atoms with van der Waals surface area (Å²) < 4.78 is 39.4. The quantitative estimate of drug-likeness (QED) is 0.821. The summed E-state index contributed by atoms with van der Waals surface area (Å²) in [6.07, 6.45) is -3.94. The maximum Gasteiger partial charge on any atom is 0.422 e. The second kappa shape index (κ2) is 6.15. The summed E-state index contributed by atoms with van der Waals surface area (Å²) in [6.45, 7) is -0.876. The number of carbonyl (C=O) groups is 1. The number of nitrogens with two attached hydrogens (primary N) is 1. The highest BCUT2D eigenvalue weighted by Crippen LogP contribution is 2.19. The van der Waals surface area contributed by atoms with E-state index in [1.54, 1.807) is 0 Å². The molecule has 1 fully saturated rings. The lowest BCUT2D eigenvalue weighted by atomic mass is 10.2. The third kappa shape index (κ3) is 4.44. The van der Waals surface area contributed by atoms with Gasteiger partial charge >= 0.3 is 12.3 Å². The van der Waals surface area contributed by atoms with Crippen molar-refractivity contribution in [1.29, 1.82) is 0 Å². The van der Waals surface area contributed by atoms with Gasteiger partial charge in [0.15, 0.2) is 6.61 Å². The summed E-state index contributed by atoms with van der Waals surface area (Å²) in [4.78, 5) is 12.5. The van der Waals surface area contributed by atoms with Crippen LogP contribution in [0.5, 0.6) is 0 Å². The van der Waals surface area contributed by atoms with E-state index in [0.717, 1.165) is 12.8 Å². The third-order valence-corrected chi connectivity index (χ3v) is 2.24. The number of hydrogen-bond acceptors (Lipinski definition) is 3. The van der Waals surface area contributed by atoms with Gasteiger partial charge in [0, 0.05) is 19.1 Å². The van der Waals surface area contributed by atoms with Crippen molar-refractivity contribution >= 4 is 18.5 Å². The Morgan fingerprint density at radius 1 is 1.50 bits per heavy atom. The van der Waals surface area contributed by atoms with Crippen LogP contribution in [0.15, 0.2) is 0 Å². The van der Waals surface area contributed by atoms with E-state index >= 15 is 0 Å². The lowest BCUT2D eigenvalue weighted by molar-refractivity contribution is -0.162. The molecule has 1 heterocycles. The molecule has 1 aliphatic heterocycles. The second-order valence-electron chi connectivity index (χ2n) is 3.39. The van der Waals surface area contributed by atoms with Crippen molar-refractivity contribution in [1.82, 2.24) is 4.90 Å². The highest BCUT2D eigenvalue weighted by molar-refractivity contribution is 5.85. The molecule has 1 aliphatic rings. The minimum Gasteiger partial charge on any atom is -0.440 e. The molecule has 4 nitrogen and oxygen atoms in total. The van der Waals surface area contributed by atoms with Gasteiger partial charge < -0.3 is 15.4 Å². The van der Waals surface area contributed by atoms with Crippen LogP contribution in [0, 0.1) is 0 Å². The van der Waals surface area contributed by atoms with Crippen molar-refractivity contribution in [2.75, 3.05) is 19.7 Å². The molecule has 0 aromatic rings. The normalized spacial score (nSPS) is 20.5. The van der Waals surface area contributed by atoms with Crippen molar-refractivity contribution in [3.8, 4) is 0 Å². The van der Waals surface area contributed by atoms with Gasteiger partial charge in [0.05, 0.1) is 0 Å². The van der Waals surface area contributed by atoms with Crippen LogP contribution < -0.4 is 5.73 Å². The summed E-state index contributed by atoms with van der Waals surface area (Å²) in [5.41, 5.74) is 5.37. The van der Waals surface area contributed by atoms with Gasteiger partial charge in [-0.15, -0.1) is 12.4 Å². The molecule has 0 radical (unpaired) electrons. The molecule has 96 valence electrons. The number of carbonyl (C=O) groups excluding carboxylic acids is 1. The molecule has 0 aromatic carbocycles. The van der Waals surface area contributed by atoms with Gasteiger partial charge in [-0.05, 0) is 12.8 Å². The Balaban J connectivity index is 0.00000225. The highest BCUT2D eigenvalue weighted by atomic mass is 35.5. The van der Waals surface area contributed by atoms with Crippen molar-refractivity contribution in [3.05, 3.63) is 0 Å². The standard InChI is InChI=1S/C8H13F3N2O2.ClH/c9-8(10,11)5-15-7(14)13-3-1-2-6(13)4-12;/h6H,1-5,12H2;1H. The Labute approximate surface area is 97.3 Å². The Hall–Kier alpha value is -0.690. The van der Waals surface area contributed by atoms with Crippen LogP contribution in [-0.4, -0.2) is 42.9 Å². The van der Waals surface area contributed by atoms with E-state index in [-0.39, 0.29) is 25.0 Å². The Morgan fingerprint density at radius 2 is 2.12 bits per heavy atom. The summed E-state index contributed by atoms with van der Waals surface area (Å²) in [5, 5.41) is 0. The lowest BCUT2D eigenvalue weighted by Crippen LogP contribution is -2.41. The predicted octanol–water partition coefficient (Wildman–Crippen LogP) is 1.53. The first-order chi connectivity index (χ1) is 6.94. The van der Waals surface area contributed by atoms with E-state index in [2.05, 4.69) is 4.74 Å². The molecule has 8 heteroatoms. The SMILES string of the molecule is Cl.NCC1CCCN1C(=O)OCC(F)(F)F. The number of nitrogens with zero attached hydrogens (tertiary/aromatic N) is 1. The number of hydrogen-bond donors (Lipinski definition) is 1. The van der Waals surface area contributed by atoms with Crippen LogP contribution in [-0.2, 0) is 4.74 Å². The molecule has 0 saturated carbocycles. The minimum absolute atomic E-state index is 0. The number of amides is 1. The first kappa shape index (κ1) is 15.3. The van der Waals surface area contributed by atoms with Gasteiger partial charge in [0.1, 0.15) is 0 Å². The zero-order valence-electron chi connectivity index (χ0n) is 8.50. The van der Waals surface area contributed by atoms with Gasteiger partial charge in [-0.3, -0.25) is 0 Å². The molecule has 1 unspecified atom stereocenters. The van der Waals surface area contributed by atoms with E-state index < -0.39 is 18.9 Å². The van der Waals surface area contributed by atoms with Gasteiger partial charge in [-0.25, -0.2) is 4.79 Å². The molecular weight excluding hydrogens is 249 g/mol. The van der Waals surface area contributed by atoms with Crippen molar-refractivity contribution in [2.45, 2.75) is 25.1 Å². The summed E-state index contributed by atoms with van der Waals surface area (Å²) >= 11 is 0. The molecule has 0 bridgehead atoms. The predicted molar refractivity (Wildman–Crippen MR) is 53.4 cm³/mol. The lowest BCUT2D eigenvalue weighted by Gasteiger charge is -2.22. The zero-order chi connectivity index (χ0) is 11.5. The molecule has 1 rings (SSSR count). The van der Waals surface area contributed by atoms with E-state index in [0.29, 0.717) is 6.54 Å². The number of alkyl halides is 3. The van der Waals surface area contributed by atoms with Crippen LogP contribution in [0.4, 0.5) is 18.0 Å². The second-order valence-corrected chi connectivity index (χ2v) is 3.39. The topological polar surface area (TPSA) is 55.6 Å². The smallest absolute Gasteiger partial charge is 0.422 e. The molecule has 16 heavy (non-hydrogen) atoms. The summed E-state index contributed by atoms with van der Waals surface area (Å²) in [5.74, 6) is 0. The average Bonchev–Trinajstić information content (AvgIpc) is 2.60. The number of likely N-dealkylation sites (tertiary alicyclic amines) is 1. The van der Waals surface area contributed by atoms with Crippen molar-refractivity contribution < 1.29 is 22.7 Å². The van der Waals surface area contributed by atoms with Crippen LogP contribution in [0.3, 0.4) is 0 Å². The fourth-order valence-electron chi connectivity index (χ4n) is 1.55. The third-order valence-electron chi connectivity index (χ3n) is 2.24. The highest BCUT2D eigenvalue weighted by Gasteiger charge is 2.33. The monoisotopic (exact) mass is 262 g/mol. The van der Waals surface area contributed by atoms with Crippen LogP contribution >= 0.6 is 12.4 Å². The maximum absolute atomic E-state index is 11.8.